The SMILES string of the molecule is O=C(O)C1CCCCN1C(=O)CC1CCC(C(F)(F)F)CC1. The summed E-state index contributed by atoms with van der Waals surface area (Å²) in [6.07, 6.45) is -1.00. The molecule has 1 saturated heterocycles. The number of likely N-dealkylation sites (tertiary alicyclic amines) is 1. The maximum absolute atomic E-state index is 12.6. The zero-order valence-corrected chi connectivity index (χ0v) is 12.4. The third kappa shape index (κ3) is 4.14. The maximum Gasteiger partial charge on any atom is 0.391 e. The number of rotatable bonds is 3. The Bertz CT molecular complexity index is 417. The predicted molar refractivity (Wildman–Crippen MR) is 73.1 cm³/mol. The molecule has 1 saturated carbocycles. The molecule has 1 unspecified atom stereocenters. The summed E-state index contributed by atoms with van der Waals surface area (Å²) < 4.78 is 37.9. The normalized spacial score (nSPS) is 30.1. The lowest BCUT2D eigenvalue weighted by Crippen LogP contribution is -2.48. The Labute approximate surface area is 127 Å². The van der Waals surface area contributed by atoms with E-state index >= 15 is 0 Å². The van der Waals surface area contributed by atoms with Gasteiger partial charge in [0.25, 0.3) is 0 Å². The van der Waals surface area contributed by atoms with Gasteiger partial charge >= 0.3 is 12.1 Å². The molecular formula is C15H22F3NO3. The van der Waals surface area contributed by atoms with Crippen molar-refractivity contribution < 1.29 is 27.9 Å². The average molecular weight is 321 g/mol. The van der Waals surface area contributed by atoms with Gasteiger partial charge in [-0.3, -0.25) is 4.79 Å². The Morgan fingerprint density at radius 3 is 2.23 bits per heavy atom. The highest BCUT2D eigenvalue weighted by molar-refractivity contribution is 5.84. The predicted octanol–water partition coefficient (Wildman–Crippen LogP) is 3.21. The van der Waals surface area contributed by atoms with E-state index in [1.54, 1.807) is 0 Å². The van der Waals surface area contributed by atoms with Gasteiger partial charge in [-0.2, -0.15) is 13.2 Å². The number of nitrogens with zero attached hydrogens (tertiary/aromatic N) is 1. The van der Waals surface area contributed by atoms with Gasteiger partial charge in [0.1, 0.15) is 6.04 Å². The van der Waals surface area contributed by atoms with Crippen LogP contribution < -0.4 is 0 Å². The first-order valence-electron chi connectivity index (χ1n) is 7.88. The molecule has 1 amide bonds. The van der Waals surface area contributed by atoms with Crippen LogP contribution in [0.25, 0.3) is 0 Å². The van der Waals surface area contributed by atoms with Crippen molar-refractivity contribution in [3.8, 4) is 0 Å². The second-order valence-electron chi connectivity index (χ2n) is 6.40. The molecule has 1 aliphatic heterocycles. The molecule has 7 heteroatoms. The number of halogens is 3. The lowest BCUT2D eigenvalue weighted by molar-refractivity contribution is -0.184. The fraction of sp³-hybridized carbons (Fsp3) is 0.867. The van der Waals surface area contributed by atoms with Crippen LogP contribution in [0.4, 0.5) is 13.2 Å². The van der Waals surface area contributed by atoms with Crippen molar-refractivity contribution in [2.75, 3.05) is 6.54 Å². The van der Waals surface area contributed by atoms with Crippen molar-refractivity contribution in [2.24, 2.45) is 11.8 Å². The smallest absolute Gasteiger partial charge is 0.391 e. The van der Waals surface area contributed by atoms with Crippen LogP contribution in [0.5, 0.6) is 0 Å². The fourth-order valence-corrected chi connectivity index (χ4v) is 3.54. The van der Waals surface area contributed by atoms with E-state index in [4.69, 9.17) is 5.11 Å². The number of piperidine rings is 1. The number of alkyl halides is 3. The molecule has 0 aromatic rings. The molecule has 1 aliphatic carbocycles. The Kier molecular flexibility index (Phi) is 5.34. The van der Waals surface area contributed by atoms with Gasteiger partial charge in [0, 0.05) is 13.0 Å². The minimum Gasteiger partial charge on any atom is -0.480 e. The van der Waals surface area contributed by atoms with Gasteiger partial charge in [-0.25, -0.2) is 4.79 Å². The summed E-state index contributed by atoms with van der Waals surface area (Å²) in [5.41, 5.74) is 0. The van der Waals surface area contributed by atoms with E-state index in [9.17, 15) is 22.8 Å². The van der Waals surface area contributed by atoms with Crippen LogP contribution in [0.2, 0.25) is 0 Å². The van der Waals surface area contributed by atoms with Gasteiger partial charge in [-0.15, -0.1) is 0 Å². The molecular weight excluding hydrogens is 299 g/mol. The highest BCUT2D eigenvalue weighted by atomic mass is 19.4. The van der Waals surface area contributed by atoms with E-state index in [1.807, 2.05) is 0 Å². The molecule has 0 aromatic heterocycles. The lowest BCUT2D eigenvalue weighted by Gasteiger charge is -2.35. The van der Waals surface area contributed by atoms with Crippen molar-refractivity contribution in [1.29, 1.82) is 0 Å². The molecule has 0 bridgehead atoms. The largest absolute Gasteiger partial charge is 0.480 e. The molecule has 4 nitrogen and oxygen atoms in total. The first-order valence-corrected chi connectivity index (χ1v) is 7.88. The van der Waals surface area contributed by atoms with E-state index in [-0.39, 0.29) is 31.1 Å². The zero-order valence-electron chi connectivity index (χ0n) is 12.4. The Morgan fingerprint density at radius 2 is 1.68 bits per heavy atom. The average Bonchev–Trinajstić information content (AvgIpc) is 2.46. The van der Waals surface area contributed by atoms with Crippen LogP contribution in [0.3, 0.4) is 0 Å². The first kappa shape index (κ1) is 17.1. The van der Waals surface area contributed by atoms with Gasteiger partial charge < -0.3 is 10.0 Å². The molecule has 0 spiro atoms. The molecule has 1 atom stereocenters. The second-order valence-corrected chi connectivity index (χ2v) is 6.40. The minimum absolute atomic E-state index is 0.0533. The monoisotopic (exact) mass is 321 g/mol. The third-order valence-corrected chi connectivity index (χ3v) is 4.88. The van der Waals surface area contributed by atoms with Crippen LogP contribution in [0.1, 0.15) is 51.4 Å². The van der Waals surface area contributed by atoms with E-state index in [1.165, 1.54) is 4.90 Å². The molecule has 2 fully saturated rings. The van der Waals surface area contributed by atoms with Gasteiger partial charge in [0.2, 0.25) is 5.91 Å². The lowest BCUT2D eigenvalue weighted by atomic mass is 9.80. The summed E-state index contributed by atoms with van der Waals surface area (Å²) in [6.45, 7) is 0.438. The highest BCUT2D eigenvalue weighted by Gasteiger charge is 2.42. The van der Waals surface area contributed by atoms with E-state index in [0.717, 1.165) is 12.8 Å². The summed E-state index contributed by atoms with van der Waals surface area (Å²) in [4.78, 5) is 24.9. The van der Waals surface area contributed by atoms with Crippen LogP contribution in [0, 0.1) is 11.8 Å². The van der Waals surface area contributed by atoms with Gasteiger partial charge in [-0.1, -0.05) is 0 Å². The van der Waals surface area contributed by atoms with Gasteiger partial charge in [-0.05, 0) is 50.9 Å². The number of carbonyl (C=O) groups excluding carboxylic acids is 1. The molecule has 22 heavy (non-hydrogen) atoms. The van der Waals surface area contributed by atoms with Crippen molar-refractivity contribution in [2.45, 2.75) is 63.6 Å². The Morgan fingerprint density at radius 1 is 1.05 bits per heavy atom. The van der Waals surface area contributed by atoms with Gasteiger partial charge in [0.05, 0.1) is 5.92 Å². The fourth-order valence-electron chi connectivity index (χ4n) is 3.54. The van der Waals surface area contributed by atoms with Crippen LogP contribution >= 0.6 is 0 Å². The number of aliphatic carboxylic acids is 1. The molecule has 2 rings (SSSR count). The summed E-state index contributed by atoms with van der Waals surface area (Å²) in [5, 5.41) is 9.17. The number of carboxylic acid groups (broad SMARTS) is 1. The molecule has 1 heterocycles. The van der Waals surface area contributed by atoms with E-state index < -0.39 is 24.1 Å². The van der Waals surface area contributed by atoms with Crippen molar-refractivity contribution >= 4 is 11.9 Å². The highest BCUT2D eigenvalue weighted by Crippen LogP contribution is 2.40. The quantitative estimate of drug-likeness (QED) is 0.868. The summed E-state index contributed by atoms with van der Waals surface area (Å²) in [6, 6.07) is -0.771. The van der Waals surface area contributed by atoms with Crippen molar-refractivity contribution in [3.63, 3.8) is 0 Å². The van der Waals surface area contributed by atoms with E-state index in [2.05, 4.69) is 0 Å². The Balaban J connectivity index is 1.86. The molecule has 0 aromatic carbocycles. The van der Waals surface area contributed by atoms with Gasteiger partial charge in [0.15, 0.2) is 0 Å². The second kappa shape index (κ2) is 6.87. The molecule has 1 N–H and O–H groups in total. The van der Waals surface area contributed by atoms with E-state index in [0.29, 0.717) is 25.8 Å². The topological polar surface area (TPSA) is 57.6 Å². The van der Waals surface area contributed by atoms with Crippen LogP contribution in [0.15, 0.2) is 0 Å². The Hall–Kier alpha value is -1.27. The standard InChI is InChI=1S/C15H22F3NO3/c16-15(17,18)11-6-4-10(5-7-11)9-13(20)19-8-2-1-3-12(19)14(21)22/h10-12H,1-9H2,(H,21,22). The summed E-state index contributed by atoms with van der Waals surface area (Å²) >= 11 is 0. The summed E-state index contributed by atoms with van der Waals surface area (Å²) in [5.74, 6) is -2.51. The maximum atomic E-state index is 12.6. The molecule has 0 radical (unpaired) electrons. The number of hydrogen-bond acceptors (Lipinski definition) is 2. The minimum atomic E-state index is -4.14. The molecule has 2 aliphatic rings. The van der Waals surface area contributed by atoms with Crippen LogP contribution in [-0.2, 0) is 9.59 Å². The third-order valence-electron chi connectivity index (χ3n) is 4.88. The van der Waals surface area contributed by atoms with Crippen molar-refractivity contribution in [1.82, 2.24) is 4.90 Å². The van der Waals surface area contributed by atoms with Crippen LogP contribution in [-0.4, -0.2) is 40.6 Å². The summed E-state index contributed by atoms with van der Waals surface area (Å²) in [7, 11) is 0. The first-order chi connectivity index (χ1) is 10.3. The zero-order chi connectivity index (χ0) is 16.3. The number of carbonyl (C=O) groups is 2. The number of hydrogen-bond donors (Lipinski definition) is 1. The molecule has 126 valence electrons. The number of amides is 1. The number of carboxylic acids is 1. The van der Waals surface area contributed by atoms with Crippen molar-refractivity contribution in [3.05, 3.63) is 0 Å².